The van der Waals surface area contributed by atoms with E-state index in [2.05, 4.69) is 9.97 Å². The van der Waals surface area contributed by atoms with E-state index in [1.165, 1.54) is 41.7 Å². The zero-order valence-electron chi connectivity index (χ0n) is 16.3. The number of nitrogens with zero attached hydrogens (tertiary/aromatic N) is 4. The highest BCUT2D eigenvalue weighted by Crippen LogP contribution is 2.19. The molecule has 8 heteroatoms. The van der Waals surface area contributed by atoms with Gasteiger partial charge in [0.1, 0.15) is 22.5 Å². The summed E-state index contributed by atoms with van der Waals surface area (Å²) in [5.41, 5.74) is 0.550. The summed E-state index contributed by atoms with van der Waals surface area (Å²) in [6, 6.07) is 9.70. The second-order valence-corrected chi connectivity index (χ2v) is 7.90. The summed E-state index contributed by atoms with van der Waals surface area (Å²) in [6.07, 6.45) is 3.34. The van der Waals surface area contributed by atoms with E-state index in [0.717, 1.165) is 22.2 Å². The summed E-state index contributed by atoms with van der Waals surface area (Å²) in [5.74, 6) is -0.902. The largest absolute Gasteiger partial charge is 0.303 e. The topological polar surface area (TPSA) is 51.0 Å². The quantitative estimate of drug-likeness (QED) is 0.478. The molecule has 0 spiro atoms. The Balaban J connectivity index is 1.87. The number of para-hydroxylation sites is 1. The highest BCUT2D eigenvalue weighted by atomic mass is 32.1. The molecule has 0 amide bonds. The molecule has 0 unspecified atom stereocenters. The number of benzene rings is 2. The third-order valence-corrected chi connectivity index (χ3v) is 5.23. The van der Waals surface area contributed by atoms with Crippen LogP contribution in [0.25, 0.3) is 28.7 Å². The van der Waals surface area contributed by atoms with Crippen LogP contribution in [0.3, 0.4) is 0 Å². The maximum atomic E-state index is 14.5. The summed E-state index contributed by atoms with van der Waals surface area (Å²) in [4.78, 5) is 24.2. The summed E-state index contributed by atoms with van der Waals surface area (Å²) in [6.45, 7) is 0.720. The first kappa shape index (κ1) is 20.1. The van der Waals surface area contributed by atoms with Crippen LogP contribution in [0, 0.1) is 11.6 Å². The lowest BCUT2D eigenvalue weighted by Crippen LogP contribution is -2.23. The van der Waals surface area contributed by atoms with Gasteiger partial charge in [0.15, 0.2) is 0 Å². The van der Waals surface area contributed by atoms with E-state index in [1.807, 2.05) is 24.4 Å². The van der Waals surface area contributed by atoms with Gasteiger partial charge in [-0.1, -0.05) is 12.1 Å². The van der Waals surface area contributed by atoms with E-state index in [-0.39, 0.29) is 16.9 Å². The van der Waals surface area contributed by atoms with Crippen molar-refractivity contribution in [1.82, 2.24) is 19.4 Å². The maximum Gasteiger partial charge on any atom is 0.266 e. The molecule has 0 saturated carbocycles. The van der Waals surface area contributed by atoms with Crippen molar-refractivity contribution in [3.63, 3.8) is 0 Å². The number of halogens is 2. The Kier molecular flexibility index (Phi) is 5.52. The average Bonchev–Trinajstić information content (AvgIpc) is 3.14. The molecule has 2 aromatic heterocycles. The monoisotopic (exact) mass is 424 g/mol. The van der Waals surface area contributed by atoms with E-state index in [1.54, 1.807) is 18.2 Å². The Morgan fingerprint density at radius 2 is 1.90 bits per heavy atom. The molecule has 0 fully saturated rings. The van der Waals surface area contributed by atoms with Crippen molar-refractivity contribution in [1.29, 1.82) is 0 Å². The molecular formula is C22H18F2N4OS. The van der Waals surface area contributed by atoms with Crippen molar-refractivity contribution in [2.75, 3.05) is 14.1 Å². The van der Waals surface area contributed by atoms with E-state index in [0.29, 0.717) is 11.2 Å². The number of hydrogen-bond acceptors (Lipinski definition) is 5. The molecule has 0 aliphatic rings. The first-order valence-electron chi connectivity index (χ1n) is 9.17. The minimum absolute atomic E-state index is 0.0485. The van der Waals surface area contributed by atoms with Gasteiger partial charge in [0.05, 0.1) is 22.3 Å². The summed E-state index contributed by atoms with van der Waals surface area (Å²) >= 11 is 1.53. The van der Waals surface area contributed by atoms with Crippen molar-refractivity contribution in [2.24, 2.45) is 0 Å². The van der Waals surface area contributed by atoms with Gasteiger partial charge in [-0.3, -0.25) is 9.36 Å². The first-order valence-corrected chi connectivity index (χ1v) is 10.0. The van der Waals surface area contributed by atoms with Crippen molar-refractivity contribution in [3.8, 4) is 5.69 Å². The second kappa shape index (κ2) is 8.25. The van der Waals surface area contributed by atoms with E-state index in [9.17, 15) is 13.6 Å². The smallest absolute Gasteiger partial charge is 0.266 e. The zero-order valence-corrected chi connectivity index (χ0v) is 17.2. The normalized spacial score (nSPS) is 11.8. The molecule has 4 aromatic rings. The number of hydrogen-bond donors (Lipinski definition) is 0. The molecule has 0 radical (unpaired) electrons. The third kappa shape index (κ3) is 4.05. The van der Waals surface area contributed by atoms with Crippen molar-refractivity contribution in [3.05, 3.63) is 86.4 Å². The van der Waals surface area contributed by atoms with Crippen LogP contribution >= 0.6 is 11.3 Å². The highest BCUT2D eigenvalue weighted by Gasteiger charge is 2.15. The molecule has 0 N–H and O–H groups in total. The first-order chi connectivity index (χ1) is 14.4. The lowest BCUT2D eigenvalue weighted by atomic mass is 10.2. The standard InChI is InChI=1S/C22H18F2N4OS/c1-27(2)12-21-25-15(13-30-21)8-10-20-26-18-9-7-14(23)11-16(18)22(29)28(20)19-6-4-3-5-17(19)24/h3-11,13H,12H2,1-2H3. The Labute approximate surface area is 175 Å². The fraction of sp³-hybridized carbons (Fsp3) is 0.136. The van der Waals surface area contributed by atoms with Gasteiger partial charge in [-0.2, -0.15) is 0 Å². The SMILES string of the molecule is CN(C)Cc1nc(C=Cc2nc3ccc(F)cc3c(=O)n2-c2ccccc2F)cs1. The van der Waals surface area contributed by atoms with Crippen LogP contribution in [0.2, 0.25) is 0 Å². The number of fused-ring (bicyclic) bond motifs is 1. The van der Waals surface area contributed by atoms with Crippen molar-refractivity contribution >= 4 is 34.4 Å². The third-order valence-electron chi connectivity index (χ3n) is 4.37. The van der Waals surface area contributed by atoms with Crippen LogP contribution in [-0.4, -0.2) is 33.5 Å². The molecule has 5 nitrogen and oxygen atoms in total. The van der Waals surface area contributed by atoms with Gasteiger partial charge < -0.3 is 4.90 Å². The van der Waals surface area contributed by atoms with Crippen LogP contribution in [0.5, 0.6) is 0 Å². The molecule has 2 heterocycles. The summed E-state index contributed by atoms with van der Waals surface area (Å²) < 4.78 is 29.4. The fourth-order valence-electron chi connectivity index (χ4n) is 3.06. The van der Waals surface area contributed by atoms with E-state index in [4.69, 9.17) is 0 Å². The van der Waals surface area contributed by atoms with Gasteiger partial charge in [0.25, 0.3) is 5.56 Å². The van der Waals surface area contributed by atoms with Gasteiger partial charge in [-0.25, -0.2) is 18.7 Å². The van der Waals surface area contributed by atoms with Crippen LogP contribution in [0.15, 0.2) is 52.6 Å². The Bertz CT molecular complexity index is 1310. The predicted octanol–water partition coefficient (Wildman–Crippen LogP) is 4.35. The lowest BCUT2D eigenvalue weighted by molar-refractivity contribution is 0.401. The van der Waals surface area contributed by atoms with Gasteiger partial charge in [0, 0.05) is 11.9 Å². The molecule has 0 aliphatic heterocycles. The second-order valence-electron chi connectivity index (χ2n) is 6.96. The van der Waals surface area contributed by atoms with E-state index < -0.39 is 17.2 Å². The average molecular weight is 424 g/mol. The zero-order chi connectivity index (χ0) is 21.3. The van der Waals surface area contributed by atoms with E-state index >= 15 is 0 Å². The Morgan fingerprint density at radius 1 is 1.10 bits per heavy atom. The van der Waals surface area contributed by atoms with Crippen LogP contribution in [0.1, 0.15) is 16.5 Å². The Morgan fingerprint density at radius 3 is 2.67 bits per heavy atom. The van der Waals surface area contributed by atoms with Gasteiger partial charge >= 0.3 is 0 Å². The predicted molar refractivity (Wildman–Crippen MR) is 116 cm³/mol. The van der Waals surface area contributed by atoms with Gasteiger partial charge in [-0.05, 0) is 56.6 Å². The molecule has 0 bridgehead atoms. The number of rotatable bonds is 5. The summed E-state index contributed by atoms with van der Waals surface area (Å²) in [5, 5.41) is 2.93. The molecule has 4 rings (SSSR count). The molecule has 2 aromatic carbocycles. The number of aromatic nitrogens is 3. The molecule has 0 aliphatic carbocycles. The molecular weight excluding hydrogens is 406 g/mol. The van der Waals surface area contributed by atoms with Crippen LogP contribution < -0.4 is 5.56 Å². The lowest BCUT2D eigenvalue weighted by Gasteiger charge is -2.12. The minimum Gasteiger partial charge on any atom is -0.303 e. The van der Waals surface area contributed by atoms with Gasteiger partial charge in [-0.15, -0.1) is 11.3 Å². The molecule has 0 atom stereocenters. The summed E-state index contributed by atoms with van der Waals surface area (Å²) in [7, 11) is 3.93. The van der Waals surface area contributed by atoms with Crippen molar-refractivity contribution in [2.45, 2.75) is 6.54 Å². The minimum atomic E-state index is -0.575. The van der Waals surface area contributed by atoms with Crippen LogP contribution in [0.4, 0.5) is 8.78 Å². The molecule has 152 valence electrons. The van der Waals surface area contributed by atoms with Gasteiger partial charge in [0.2, 0.25) is 0 Å². The number of thiazole rings is 1. The molecule has 30 heavy (non-hydrogen) atoms. The molecule has 0 saturated heterocycles. The highest BCUT2D eigenvalue weighted by molar-refractivity contribution is 7.09. The van der Waals surface area contributed by atoms with Crippen molar-refractivity contribution < 1.29 is 8.78 Å². The maximum absolute atomic E-state index is 14.5. The van der Waals surface area contributed by atoms with Crippen LogP contribution in [-0.2, 0) is 6.54 Å². The Hall–Kier alpha value is -3.23. The fourth-order valence-corrected chi connectivity index (χ4v) is 3.94.